The summed E-state index contributed by atoms with van der Waals surface area (Å²) in [7, 11) is 0. The molecule has 1 fully saturated rings. The van der Waals surface area contributed by atoms with Gasteiger partial charge in [-0.3, -0.25) is 4.79 Å². The Bertz CT molecular complexity index is 738. The Hall–Kier alpha value is -1.50. The molecule has 0 unspecified atom stereocenters. The molecule has 3 rings (SSSR count). The van der Waals surface area contributed by atoms with Crippen LogP contribution in [0, 0.1) is 5.82 Å². The molecule has 0 amide bonds. The van der Waals surface area contributed by atoms with Crippen LogP contribution in [0.3, 0.4) is 0 Å². The standard InChI is InChI=1S/C17H15BrFNO2S/c18-13-10-14(23-11-13)2-4-17(21)12-1-3-16(15(19)9-12)20-5-7-22-8-6-20/h1-4,9-11H,5-8H2. The normalized spacial score (nSPS) is 15.3. The molecule has 1 aliphatic heterocycles. The van der Waals surface area contributed by atoms with Crippen molar-refractivity contribution < 1.29 is 13.9 Å². The Balaban J connectivity index is 1.74. The fraction of sp³-hybridized carbons (Fsp3) is 0.235. The van der Waals surface area contributed by atoms with Crippen molar-refractivity contribution in [3.8, 4) is 0 Å². The number of nitrogens with zero attached hydrogens (tertiary/aromatic N) is 1. The van der Waals surface area contributed by atoms with Gasteiger partial charge in [0.15, 0.2) is 5.78 Å². The van der Waals surface area contributed by atoms with Gasteiger partial charge in [-0.25, -0.2) is 4.39 Å². The van der Waals surface area contributed by atoms with Gasteiger partial charge in [-0.05, 0) is 52.3 Å². The number of halogens is 2. The number of carbonyl (C=O) groups excluding carboxylic acids is 1. The molecule has 0 atom stereocenters. The van der Waals surface area contributed by atoms with Crippen LogP contribution in [0.4, 0.5) is 10.1 Å². The minimum Gasteiger partial charge on any atom is -0.378 e. The predicted molar refractivity (Wildman–Crippen MR) is 94.8 cm³/mol. The second-order valence-electron chi connectivity index (χ2n) is 5.13. The number of benzene rings is 1. The summed E-state index contributed by atoms with van der Waals surface area (Å²) in [5, 5.41) is 1.95. The van der Waals surface area contributed by atoms with Gasteiger partial charge in [0.1, 0.15) is 5.82 Å². The Kier molecular flexibility index (Phi) is 5.25. The molecule has 120 valence electrons. The SMILES string of the molecule is O=C(C=Cc1cc(Br)cs1)c1ccc(N2CCOCC2)c(F)c1. The summed E-state index contributed by atoms with van der Waals surface area (Å²) in [6, 6.07) is 6.58. The average Bonchev–Trinajstić information content (AvgIpc) is 2.99. The van der Waals surface area contributed by atoms with Gasteiger partial charge in [0.25, 0.3) is 0 Å². The maximum atomic E-state index is 14.3. The van der Waals surface area contributed by atoms with E-state index in [1.54, 1.807) is 18.2 Å². The molecular formula is C17H15BrFNO2S. The first-order valence-corrected chi connectivity index (χ1v) is 8.89. The average molecular weight is 396 g/mol. The molecule has 6 heteroatoms. The van der Waals surface area contributed by atoms with Gasteiger partial charge in [0, 0.05) is 33.4 Å². The third-order valence-corrected chi connectivity index (χ3v) is 5.23. The van der Waals surface area contributed by atoms with Crippen LogP contribution in [0.25, 0.3) is 6.08 Å². The van der Waals surface area contributed by atoms with Crippen LogP contribution >= 0.6 is 27.3 Å². The first kappa shape index (κ1) is 16.4. The lowest BCUT2D eigenvalue weighted by Crippen LogP contribution is -2.36. The molecule has 0 spiro atoms. The van der Waals surface area contributed by atoms with E-state index in [-0.39, 0.29) is 11.6 Å². The summed E-state index contributed by atoms with van der Waals surface area (Å²) < 4.78 is 20.5. The molecule has 0 N–H and O–H groups in total. The van der Waals surface area contributed by atoms with Crippen LogP contribution in [0.5, 0.6) is 0 Å². The molecule has 2 aromatic rings. The van der Waals surface area contributed by atoms with Crippen LogP contribution in [0.15, 0.2) is 40.2 Å². The van der Waals surface area contributed by atoms with Gasteiger partial charge in [-0.2, -0.15) is 0 Å². The van der Waals surface area contributed by atoms with Crippen molar-refractivity contribution in [3.63, 3.8) is 0 Å². The zero-order valence-electron chi connectivity index (χ0n) is 12.3. The predicted octanol–water partition coefficient (Wildman–Crippen LogP) is 4.38. The summed E-state index contributed by atoms with van der Waals surface area (Å²) in [6.07, 6.45) is 3.22. The number of hydrogen-bond donors (Lipinski definition) is 0. The molecule has 0 saturated carbocycles. The van der Waals surface area contributed by atoms with Crippen molar-refractivity contribution in [1.29, 1.82) is 0 Å². The van der Waals surface area contributed by atoms with Gasteiger partial charge in [-0.1, -0.05) is 0 Å². The highest BCUT2D eigenvalue weighted by molar-refractivity contribution is 9.10. The zero-order valence-corrected chi connectivity index (χ0v) is 14.7. The van der Waals surface area contributed by atoms with Gasteiger partial charge in [-0.15, -0.1) is 11.3 Å². The molecular weight excluding hydrogens is 381 g/mol. The highest BCUT2D eigenvalue weighted by atomic mass is 79.9. The van der Waals surface area contributed by atoms with E-state index in [1.807, 2.05) is 16.3 Å². The summed E-state index contributed by atoms with van der Waals surface area (Å²) in [5.74, 6) is -0.577. The summed E-state index contributed by atoms with van der Waals surface area (Å²) in [4.78, 5) is 15.1. The molecule has 1 aromatic heterocycles. The Labute approximate surface area is 146 Å². The number of ketones is 1. The lowest BCUT2D eigenvalue weighted by Gasteiger charge is -2.29. The van der Waals surface area contributed by atoms with Gasteiger partial charge >= 0.3 is 0 Å². The second kappa shape index (κ2) is 7.38. The van der Waals surface area contributed by atoms with E-state index in [0.717, 1.165) is 9.35 Å². The smallest absolute Gasteiger partial charge is 0.185 e. The number of allylic oxidation sites excluding steroid dienone is 1. The van der Waals surface area contributed by atoms with E-state index in [0.29, 0.717) is 37.6 Å². The molecule has 0 radical (unpaired) electrons. The van der Waals surface area contributed by atoms with Gasteiger partial charge in [0.2, 0.25) is 0 Å². The number of hydrogen-bond acceptors (Lipinski definition) is 4. The van der Waals surface area contributed by atoms with Crippen molar-refractivity contribution in [1.82, 2.24) is 0 Å². The van der Waals surface area contributed by atoms with E-state index in [4.69, 9.17) is 4.74 Å². The minimum atomic E-state index is -0.370. The lowest BCUT2D eigenvalue weighted by molar-refractivity contribution is 0.104. The zero-order chi connectivity index (χ0) is 16.2. The molecule has 1 aliphatic rings. The highest BCUT2D eigenvalue weighted by Gasteiger charge is 2.16. The maximum absolute atomic E-state index is 14.3. The highest BCUT2D eigenvalue weighted by Crippen LogP contribution is 2.23. The summed E-state index contributed by atoms with van der Waals surface area (Å²) in [5.41, 5.74) is 0.877. The van der Waals surface area contributed by atoms with E-state index >= 15 is 0 Å². The van der Waals surface area contributed by atoms with E-state index < -0.39 is 0 Å². The van der Waals surface area contributed by atoms with Crippen molar-refractivity contribution >= 4 is 44.8 Å². The number of morpholine rings is 1. The Morgan fingerprint density at radius 2 is 2.09 bits per heavy atom. The number of anilines is 1. The molecule has 1 aromatic carbocycles. The lowest BCUT2D eigenvalue weighted by atomic mass is 10.1. The number of ether oxygens (including phenoxy) is 1. The van der Waals surface area contributed by atoms with E-state index in [1.165, 1.54) is 23.5 Å². The molecule has 0 aliphatic carbocycles. The topological polar surface area (TPSA) is 29.5 Å². The van der Waals surface area contributed by atoms with Crippen LogP contribution in [0.1, 0.15) is 15.2 Å². The minimum absolute atomic E-state index is 0.207. The number of thiophene rings is 1. The van der Waals surface area contributed by atoms with Gasteiger partial charge in [0.05, 0.1) is 18.9 Å². The third kappa shape index (κ3) is 4.07. The van der Waals surface area contributed by atoms with Crippen molar-refractivity contribution in [2.45, 2.75) is 0 Å². The second-order valence-corrected chi connectivity index (χ2v) is 6.99. The van der Waals surface area contributed by atoms with Crippen molar-refractivity contribution in [3.05, 3.63) is 56.5 Å². The molecule has 1 saturated heterocycles. The van der Waals surface area contributed by atoms with Crippen LogP contribution in [0.2, 0.25) is 0 Å². The third-order valence-electron chi connectivity index (χ3n) is 3.57. The first-order chi connectivity index (χ1) is 11.1. The van der Waals surface area contributed by atoms with E-state index in [9.17, 15) is 9.18 Å². The maximum Gasteiger partial charge on any atom is 0.185 e. The number of rotatable bonds is 4. The van der Waals surface area contributed by atoms with Crippen LogP contribution in [-0.2, 0) is 4.74 Å². The Morgan fingerprint density at radius 1 is 1.30 bits per heavy atom. The molecule has 0 bridgehead atoms. The van der Waals surface area contributed by atoms with Crippen LogP contribution < -0.4 is 4.90 Å². The summed E-state index contributed by atoms with van der Waals surface area (Å²) in [6.45, 7) is 2.52. The largest absolute Gasteiger partial charge is 0.378 e. The van der Waals surface area contributed by atoms with Crippen molar-refractivity contribution in [2.24, 2.45) is 0 Å². The Morgan fingerprint density at radius 3 is 2.74 bits per heavy atom. The fourth-order valence-electron chi connectivity index (χ4n) is 2.39. The van der Waals surface area contributed by atoms with Gasteiger partial charge < -0.3 is 9.64 Å². The van der Waals surface area contributed by atoms with Crippen molar-refractivity contribution in [2.75, 3.05) is 31.2 Å². The molecule has 3 nitrogen and oxygen atoms in total. The first-order valence-electron chi connectivity index (χ1n) is 7.22. The summed E-state index contributed by atoms with van der Waals surface area (Å²) >= 11 is 4.90. The molecule has 2 heterocycles. The quantitative estimate of drug-likeness (QED) is 0.568. The molecule has 23 heavy (non-hydrogen) atoms. The fourth-order valence-corrected chi connectivity index (χ4v) is 3.73. The number of carbonyl (C=O) groups is 1. The monoisotopic (exact) mass is 395 g/mol. The van der Waals surface area contributed by atoms with Crippen LogP contribution in [-0.4, -0.2) is 32.1 Å². The van der Waals surface area contributed by atoms with E-state index in [2.05, 4.69) is 15.9 Å².